The lowest BCUT2D eigenvalue weighted by molar-refractivity contribution is -0.0122. The summed E-state index contributed by atoms with van der Waals surface area (Å²) in [4.78, 5) is 22.9. The Hall–Kier alpha value is -1.67. The highest BCUT2D eigenvalue weighted by molar-refractivity contribution is 7.53. The molecule has 2 aromatic heterocycles. The molecule has 2 rings (SSSR count). The molecule has 0 saturated carbocycles. The number of aliphatic hydroxyl groups is 1. The van der Waals surface area contributed by atoms with E-state index in [0.717, 1.165) is 0 Å². The van der Waals surface area contributed by atoms with Crippen molar-refractivity contribution in [1.29, 1.82) is 0 Å². The Kier molecular flexibility index (Phi) is 12.9. The first kappa shape index (κ1) is 34.5. The van der Waals surface area contributed by atoms with Crippen molar-refractivity contribution in [1.82, 2.24) is 19.5 Å². The molecule has 0 aromatic carbocycles. The van der Waals surface area contributed by atoms with Crippen molar-refractivity contribution in [3.8, 4) is 0 Å². The number of ether oxygens (including phenoxy) is 2. The minimum atomic E-state index is -3.65. The Morgan fingerprint density at radius 2 is 1.32 bits per heavy atom. The molecule has 0 aliphatic rings. The van der Waals surface area contributed by atoms with Gasteiger partial charge in [-0.3, -0.25) is 18.9 Å². The van der Waals surface area contributed by atoms with Crippen LogP contribution in [0.1, 0.15) is 61.4 Å². The van der Waals surface area contributed by atoms with Crippen LogP contribution < -0.4 is 11.3 Å². The van der Waals surface area contributed by atoms with E-state index in [-0.39, 0.29) is 42.5 Å². The van der Waals surface area contributed by atoms with Crippen LogP contribution in [0.3, 0.4) is 0 Å². The summed E-state index contributed by atoms with van der Waals surface area (Å²) in [6.45, 7) is 13.2. The van der Waals surface area contributed by atoms with Gasteiger partial charge in [-0.2, -0.15) is 4.98 Å². The molecule has 17 heteroatoms. The summed E-state index contributed by atoms with van der Waals surface area (Å²) in [7, 11) is -7.28. The van der Waals surface area contributed by atoms with Crippen molar-refractivity contribution < 1.29 is 41.8 Å². The number of aromatic amines is 1. The first-order valence-corrected chi connectivity index (χ1v) is 16.5. The minimum Gasteiger partial charge on any atom is -0.388 e. The largest absolute Gasteiger partial charge is 0.388 e. The number of hydrogen-bond donors (Lipinski definition) is 3. The average Bonchev–Trinajstić information content (AvgIpc) is 3.17. The fourth-order valence-corrected chi connectivity index (χ4v) is 7.27. The Balaban J connectivity index is 2.29. The van der Waals surface area contributed by atoms with Crippen molar-refractivity contribution >= 4 is 32.3 Å². The van der Waals surface area contributed by atoms with Crippen LogP contribution in [0.2, 0.25) is 0 Å². The summed E-state index contributed by atoms with van der Waals surface area (Å²) in [6, 6.07) is -0.957. The number of rotatable bonds is 18. The van der Waals surface area contributed by atoms with Crippen molar-refractivity contribution in [2.75, 3.05) is 31.6 Å². The van der Waals surface area contributed by atoms with Gasteiger partial charge in [-0.15, -0.1) is 0 Å². The molecule has 40 heavy (non-hydrogen) atoms. The second-order valence-electron chi connectivity index (χ2n) is 10.2. The molecule has 2 aromatic rings. The van der Waals surface area contributed by atoms with Crippen LogP contribution in [0, 0.1) is 0 Å². The second kappa shape index (κ2) is 15.0. The lowest BCUT2D eigenvalue weighted by Crippen LogP contribution is -2.33. The maximum Gasteiger partial charge on any atom is 0.356 e. The molecule has 15 nitrogen and oxygen atoms in total. The van der Waals surface area contributed by atoms with Gasteiger partial charge < -0.3 is 43.0 Å². The molecule has 0 radical (unpaired) electrons. The van der Waals surface area contributed by atoms with E-state index >= 15 is 0 Å². The van der Waals surface area contributed by atoms with Crippen molar-refractivity contribution in [3.05, 3.63) is 16.7 Å². The lowest BCUT2D eigenvalue weighted by atomic mass is 10.2. The maximum atomic E-state index is 13.2. The molecule has 2 heterocycles. The molecule has 4 N–H and O–H groups in total. The van der Waals surface area contributed by atoms with Gasteiger partial charge in [0, 0.05) is 0 Å². The zero-order chi connectivity index (χ0) is 30.3. The van der Waals surface area contributed by atoms with Crippen LogP contribution in [0.25, 0.3) is 11.2 Å². The lowest BCUT2D eigenvalue weighted by Gasteiger charge is -2.27. The topological polar surface area (TPSA) is 199 Å². The van der Waals surface area contributed by atoms with Gasteiger partial charge in [-0.25, -0.2) is 4.98 Å². The van der Waals surface area contributed by atoms with E-state index in [4.69, 9.17) is 33.3 Å². The Morgan fingerprint density at radius 3 is 1.77 bits per heavy atom. The molecule has 0 amide bonds. The number of nitrogens with two attached hydrogens (primary N) is 1. The number of nitrogens with one attached hydrogen (secondary N) is 1. The van der Waals surface area contributed by atoms with Gasteiger partial charge in [0.25, 0.3) is 5.56 Å². The van der Waals surface area contributed by atoms with Gasteiger partial charge >= 0.3 is 15.2 Å². The van der Waals surface area contributed by atoms with E-state index in [1.807, 2.05) is 0 Å². The number of fused-ring (bicyclic) bond motifs is 1. The number of nitrogen functional groups attached to an aromatic ring is 1. The first-order chi connectivity index (χ1) is 18.5. The molecule has 0 saturated heterocycles. The summed E-state index contributed by atoms with van der Waals surface area (Å²) in [5, 5.41) is 11.2. The summed E-state index contributed by atoms with van der Waals surface area (Å²) < 4.78 is 61.1. The smallest absolute Gasteiger partial charge is 0.356 e. The Labute approximate surface area is 234 Å². The first-order valence-electron chi connectivity index (χ1n) is 13.0. The molecular formula is C23H43N5O10P2. The van der Waals surface area contributed by atoms with Crippen LogP contribution >= 0.6 is 15.2 Å². The van der Waals surface area contributed by atoms with Crippen molar-refractivity contribution in [2.45, 2.75) is 92.0 Å². The number of nitrogens with zero attached hydrogens (tertiary/aromatic N) is 3. The molecule has 0 aliphatic heterocycles. The zero-order valence-electron chi connectivity index (χ0n) is 24.3. The fraction of sp³-hybridized carbons (Fsp3) is 0.783. The highest BCUT2D eigenvalue weighted by Crippen LogP contribution is 2.51. The van der Waals surface area contributed by atoms with Crippen LogP contribution in [0.4, 0.5) is 5.95 Å². The van der Waals surface area contributed by atoms with Crippen LogP contribution in [-0.4, -0.2) is 81.1 Å². The summed E-state index contributed by atoms with van der Waals surface area (Å²) >= 11 is 0. The third-order valence-corrected chi connectivity index (χ3v) is 8.78. The average molecular weight is 612 g/mol. The maximum absolute atomic E-state index is 13.2. The van der Waals surface area contributed by atoms with Crippen LogP contribution in [0.5, 0.6) is 0 Å². The number of anilines is 1. The van der Waals surface area contributed by atoms with E-state index in [2.05, 4.69) is 15.0 Å². The predicted octanol–water partition coefficient (Wildman–Crippen LogP) is 3.64. The monoisotopic (exact) mass is 611 g/mol. The molecule has 0 spiro atoms. The van der Waals surface area contributed by atoms with Crippen molar-refractivity contribution in [3.63, 3.8) is 0 Å². The van der Waals surface area contributed by atoms with Crippen LogP contribution in [-0.2, 0) is 36.7 Å². The molecular weight excluding hydrogens is 568 g/mol. The second-order valence-corrected chi connectivity index (χ2v) is 14.1. The predicted molar refractivity (Wildman–Crippen MR) is 149 cm³/mol. The van der Waals surface area contributed by atoms with Gasteiger partial charge in [-0.1, -0.05) is 0 Å². The number of hydrogen-bond acceptors (Lipinski definition) is 13. The van der Waals surface area contributed by atoms with Gasteiger partial charge in [0.1, 0.15) is 18.8 Å². The zero-order valence-corrected chi connectivity index (χ0v) is 26.1. The van der Waals surface area contributed by atoms with E-state index in [9.17, 15) is 19.0 Å². The number of imidazole rings is 1. The summed E-state index contributed by atoms with van der Waals surface area (Å²) in [5.74, 6) is -0.151. The van der Waals surface area contributed by atoms with E-state index in [1.54, 1.807) is 55.4 Å². The standard InChI is InChI=1S/C23H43N5O10P2/c1-14(2)35-39(31,36-15(3)4)12-33-9-18(28-11-25-20-21(28)26-23(24)27-22(20)30)19(29)10-34-13-40(32,37-16(5)6)38-17(7)8/h11,14-19,29H,9-10,12-13H2,1-8H3,(H3,24,26,27,30)/t18-,19+/m1/s1. The molecule has 2 atom stereocenters. The third kappa shape index (κ3) is 10.6. The highest BCUT2D eigenvalue weighted by atomic mass is 31.2. The Bertz CT molecular complexity index is 1200. The SMILES string of the molecule is CC(C)OP(=O)(COC[C@H]([C@@H](O)COCP(=O)(OC(C)C)OC(C)C)n1cnc2c(=O)[nH]c(N)nc21)OC(C)C. The van der Waals surface area contributed by atoms with Gasteiger partial charge in [0.15, 0.2) is 11.2 Å². The van der Waals surface area contributed by atoms with Crippen molar-refractivity contribution in [2.24, 2.45) is 0 Å². The highest BCUT2D eigenvalue weighted by Gasteiger charge is 2.32. The molecule has 0 aliphatic carbocycles. The van der Waals surface area contributed by atoms with E-state index < -0.39 is 57.8 Å². The molecule has 230 valence electrons. The fourth-order valence-electron chi connectivity index (χ4n) is 3.70. The number of aromatic nitrogens is 4. The summed E-state index contributed by atoms with van der Waals surface area (Å²) in [5.41, 5.74) is 5.24. The van der Waals surface area contributed by atoms with Gasteiger partial charge in [0.2, 0.25) is 5.95 Å². The van der Waals surface area contributed by atoms with E-state index in [1.165, 1.54) is 10.9 Å². The minimum absolute atomic E-state index is 0.00978. The molecule has 0 unspecified atom stereocenters. The van der Waals surface area contributed by atoms with Gasteiger partial charge in [-0.05, 0) is 55.4 Å². The quantitative estimate of drug-likeness (QED) is 0.207. The number of H-pyrrole nitrogens is 1. The molecule has 0 fully saturated rings. The van der Waals surface area contributed by atoms with Gasteiger partial charge in [0.05, 0.1) is 50.0 Å². The third-order valence-electron chi connectivity index (χ3n) is 4.81. The van der Waals surface area contributed by atoms with Crippen LogP contribution in [0.15, 0.2) is 11.1 Å². The summed E-state index contributed by atoms with van der Waals surface area (Å²) in [6.07, 6.45) is -2.38. The normalized spacial score (nSPS) is 14.7. The van der Waals surface area contributed by atoms with E-state index in [0.29, 0.717) is 0 Å². The Morgan fingerprint density at radius 1 is 0.875 bits per heavy atom. The number of aliphatic hydroxyl groups excluding tert-OH is 1. The molecule has 0 bridgehead atoms.